The van der Waals surface area contributed by atoms with Gasteiger partial charge in [0, 0.05) is 28.4 Å². The Morgan fingerprint density at radius 1 is 1.03 bits per heavy atom. The van der Waals surface area contributed by atoms with E-state index in [9.17, 15) is 26.7 Å². The summed E-state index contributed by atoms with van der Waals surface area (Å²) in [7, 11) is 0. The number of benzene rings is 2. The summed E-state index contributed by atoms with van der Waals surface area (Å²) in [5, 5.41) is 0.519. The van der Waals surface area contributed by atoms with Gasteiger partial charge in [0.2, 0.25) is 5.56 Å². The van der Waals surface area contributed by atoms with Crippen LogP contribution >= 0.6 is 11.6 Å². The maximum Gasteiger partial charge on any atom is 0.416 e. The molecule has 0 unspecified atom stereocenters. The molecule has 2 aromatic heterocycles. The molecule has 0 fully saturated rings. The van der Waals surface area contributed by atoms with Gasteiger partial charge in [-0.3, -0.25) is 4.79 Å². The van der Waals surface area contributed by atoms with Gasteiger partial charge in [-0.25, -0.2) is 13.8 Å². The van der Waals surface area contributed by atoms with Gasteiger partial charge < -0.3 is 9.88 Å². The highest BCUT2D eigenvalue weighted by atomic mass is 35.5. The van der Waals surface area contributed by atoms with E-state index in [1.807, 2.05) is 0 Å². The van der Waals surface area contributed by atoms with Crippen LogP contribution in [0.3, 0.4) is 0 Å². The monoisotopic (exact) mass is 465 g/mol. The molecule has 0 radical (unpaired) electrons. The fourth-order valence-electron chi connectivity index (χ4n) is 3.33. The number of H-pyrrole nitrogens is 1. The van der Waals surface area contributed by atoms with E-state index in [4.69, 9.17) is 11.6 Å². The van der Waals surface area contributed by atoms with Gasteiger partial charge in [-0.15, -0.1) is 0 Å². The quantitative estimate of drug-likeness (QED) is 0.364. The Kier molecular flexibility index (Phi) is 5.60. The number of pyridine rings is 2. The van der Waals surface area contributed by atoms with Crippen LogP contribution in [-0.4, -0.2) is 9.97 Å². The van der Waals surface area contributed by atoms with Crippen molar-refractivity contribution >= 4 is 34.0 Å². The van der Waals surface area contributed by atoms with E-state index in [0.29, 0.717) is 10.7 Å². The Balaban J connectivity index is 1.90. The third kappa shape index (κ3) is 4.29. The zero-order valence-corrected chi connectivity index (χ0v) is 16.8. The fourth-order valence-corrected chi connectivity index (χ4v) is 3.51. The Labute approximate surface area is 182 Å². The van der Waals surface area contributed by atoms with Gasteiger partial charge in [0.1, 0.15) is 5.82 Å². The standard InChI is InChI=1S/C22H13ClF5N3O/c23-14-2-1-3-15(10-14)31(18-9-13(6-7-29-18)22(26,27)28)11-12-8-19(32)30-21-16(12)4-5-17(24)20(21)25/h1-10H,11H2,(H,30,32). The van der Waals surface area contributed by atoms with Crippen LogP contribution in [0.25, 0.3) is 10.9 Å². The molecule has 164 valence electrons. The molecule has 4 nitrogen and oxygen atoms in total. The molecule has 0 atom stereocenters. The summed E-state index contributed by atoms with van der Waals surface area (Å²) < 4.78 is 67.8. The Morgan fingerprint density at radius 3 is 2.53 bits per heavy atom. The van der Waals surface area contributed by atoms with Crippen LogP contribution in [0.5, 0.6) is 0 Å². The summed E-state index contributed by atoms with van der Waals surface area (Å²) in [6.45, 7) is -0.167. The highest BCUT2D eigenvalue weighted by molar-refractivity contribution is 6.30. The largest absolute Gasteiger partial charge is 0.416 e. The maximum atomic E-state index is 14.3. The molecule has 4 rings (SSSR count). The van der Waals surface area contributed by atoms with E-state index in [-0.39, 0.29) is 28.8 Å². The molecule has 0 amide bonds. The molecule has 0 saturated carbocycles. The number of alkyl halides is 3. The third-order valence-corrected chi connectivity index (χ3v) is 5.03. The number of rotatable bonds is 4. The first-order chi connectivity index (χ1) is 15.1. The summed E-state index contributed by atoms with van der Waals surface area (Å²) in [6.07, 6.45) is -3.59. The molecule has 1 N–H and O–H groups in total. The van der Waals surface area contributed by atoms with Crippen molar-refractivity contribution in [2.24, 2.45) is 0 Å². The molecule has 10 heteroatoms. The van der Waals surface area contributed by atoms with Crippen LogP contribution in [0.4, 0.5) is 33.5 Å². The smallest absolute Gasteiger partial charge is 0.322 e. The van der Waals surface area contributed by atoms with E-state index >= 15 is 0 Å². The van der Waals surface area contributed by atoms with Gasteiger partial charge in [-0.1, -0.05) is 17.7 Å². The minimum absolute atomic E-state index is 0.0712. The zero-order chi connectivity index (χ0) is 23.0. The second kappa shape index (κ2) is 8.23. The summed E-state index contributed by atoms with van der Waals surface area (Å²) in [5.41, 5.74) is -1.31. The van der Waals surface area contributed by atoms with Gasteiger partial charge in [-0.05, 0) is 48.0 Å². The molecule has 0 aliphatic carbocycles. The van der Waals surface area contributed by atoms with Gasteiger partial charge >= 0.3 is 6.18 Å². The first-order valence-corrected chi connectivity index (χ1v) is 9.57. The second-order valence-corrected chi connectivity index (χ2v) is 7.35. The number of hydrogen-bond acceptors (Lipinski definition) is 3. The molecule has 0 bridgehead atoms. The number of aromatic nitrogens is 2. The number of halogens is 6. The van der Waals surface area contributed by atoms with Crippen LogP contribution in [0, 0.1) is 11.6 Å². The number of aromatic amines is 1. The minimum Gasteiger partial charge on any atom is -0.322 e. The van der Waals surface area contributed by atoms with Crippen LogP contribution in [0.2, 0.25) is 5.02 Å². The van der Waals surface area contributed by atoms with E-state index in [1.54, 1.807) is 18.2 Å². The topological polar surface area (TPSA) is 49.0 Å². The molecular weight excluding hydrogens is 453 g/mol. The van der Waals surface area contributed by atoms with Gasteiger partial charge in [0.05, 0.1) is 17.6 Å². The lowest BCUT2D eigenvalue weighted by molar-refractivity contribution is -0.137. The van der Waals surface area contributed by atoms with Crippen molar-refractivity contribution in [1.29, 1.82) is 0 Å². The predicted molar refractivity (Wildman–Crippen MR) is 111 cm³/mol. The predicted octanol–water partition coefficient (Wildman–Crippen LogP) is 6.21. The van der Waals surface area contributed by atoms with Gasteiger partial charge in [-0.2, -0.15) is 13.2 Å². The number of nitrogens with zero attached hydrogens (tertiary/aromatic N) is 2. The highest BCUT2D eigenvalue weighted by Gasteiger charge is 2.31. The van der Waals surface area contributed by atoms with Crippen molar-refractivity contribution in [3.63, 3.8) is 0 Å². The Morgan fingerprint density at radius 2 is 1.81 bits per heavy atom. The Bertz CT molecular complexity index is 1370. The van der Waals surface area contributed by atoms with Crippen LogP contribution < -0.4 is 10.5 Å². The summed E-state index contributed by atoms with van der Waals surface area (Å²) in [4.78, 5) is 19.8. The van der Waals surface area contributed by atoms with Crippen molar-refractivity contribution < 1.29 is 22.0 Å². The third-order valence-electron chi connectivity index (χ3n) is 4.79. The average molecular weight is 466 g/mol. The lowest BCUT2D eigenvalue weighted by Gasteiger charge is -2.25. The number of nitrogens with one attached hydrogen (secondary N) is 1. The molecule has 0 aliphatic rings. The van der Waals surface area contributed by atoms with E-state index in [2.05, 4.69) is 9.97 Å². The van der Waals surface area contributed by atoms with Crippen LogP contribution in [-0.2, 0) is 12.7 Å². The van der Waals surface area contributed by atoms with E-state index in [1.165, 1.54) is 23.1 Å². The number of hydrogen-bond donors (Lipinski definition) is 1. The molecule has 0 saturated heterocycles. The molecule has 0 aliphatic heterocycles. The lowest BCUT2D eigenvalue weighted by Crippen LogP contribution is -2.21. The molecule has 0 spiro atoms. The number of fused-ring (bicyclic) bond motifs is 1. The molecule has 2 heterocycles. The first-order valence-electron chi connectivity index (χ1n) is 9.20. The normalized spacial score (nSPS) is 11.7. The zero-order valence-electron chi connectivity index (χ0n) is 16.1. The summed E-state index contributed by atoms with van der Waals surface area (Å²) >= 11 is 6.07. The van der Waals surface area contributed by atoms with Crippen molar-refractivity contribution in [1.82, 2.24) is 9.97 Å². The van der Waals surface area contributed by atoms with Gasteiger partial charge in [0.25, 0.3) is 0 Å². The molecule has 32 heavy (non-hydrogen) atoms. The van der Waals surface area contributed by atoms with Crippen LogP contribution in [0.15, 0.2) is 65.6 Å². The fraction of sp³-hybridized carbons (Fsp3) is 0.0909. The van der Waals surface area contributed by atoms with Crippen molar-refractivity contribution in [3.8, 4) is 0 Å². The van der Waals surface area contributed by atoms with Crippen molar-refractivity contribution in [2.45, 2.75) is 12.7 Å². The maximum absolute atomic E-state index is 14.3. The van der Waals surface area contributed by atoms with Crippen molar-refractivity contribution in [2.75, 3.05) is 4.90 Å². The summed E-state index contributed by atoms with van der Waals surface area (Å²) in [6, 6.07) is 11.4. The molecule has 2 aromatic carbocycles. The summed E-state index contributed by atoms with van der Waals surface area (Å²) in [5.74, 6) is -2.44. The molecule has 4 aromatic rings. The SMILES string of the molecule is O=c1cc(CN(c2cccc(Cl)c2)c2cc(C(F)(F)F)ccn2)c2ccc(F)c(F)c2[nH]1. The first kappa shape index (κ1) is 21.8. The lowest BCUT2D eigenvalue weighted by atomic mass is 10.1. The van der Waals surface area contributed by atoms with Gasteiger partial charge in [0.15, 0.2) is 11.6 Å². The number of anilines is 2. The van der Waals surface area contributed by atoms with E-state index < -0.39 is 28.9 Å². The Hall–Kier alpha value is -3.46. The average Bonchev–Trinajstić information content (AvgIpc) is 2.74. The van der Waals surface area contributed by atoms with Crippen LogP contribution in [0.1, 0.15) is 11.1 Å². The minimum atomic E-state index is -4.60. The van der Waals surface area contributed by atoms with E-state index in [0.717, 1.165) is 24.4 Å². The molecular formula is C22H13ClF5N3O. The highest BCUT2D eigenvalue weighted by Crippen LogP contribution is 2.34. The van der Waals surface area contributed by atoms with Crippen molar-refractivity contribution in [3.05, 3.63) is 98.9 Å². The second-order valence-electron chi connectivity index (χ2n) is 6.91.